The molecule has 22 heavy (non-hydrogen) atoms. The third-order valence-corrected chi connectivity index (χ3v) is 3.69. The largest absolute Gasteiger partial charge is 0.497 e. The molecule has 4 rings (SSSR count). The lowest BCUT2D eigenvalue weighted by atomic mass is 10.3. The van der Waals surface area contributed by atoms with Crippen molar-refractivity contribution >= 4 is 22.6 Å². The number of anilines is 1. The molecule has 7 heteroatoms. The maximum absolute atomic E-state index is 11.7. The van der Waals surface area contributed by atoms with E-state index in [0.29, 0.717) is 11.6 Å². The Bertz CT molecular complexity index is 847. The molecule has 0 saturated heterocycles. The number of imidazole rings is 1. The van der Waals surface area contributed by atoms with E-state index in [9.17, 15) is 4.79 Å². The summed E-state index contributed by atoms with van der Waals surface area (Å²) in [5, 5.41) is 7.10. The Balaban J connectivity index is 1.61. The number of nitrogens with zero attached hydrogens (tertiary/aromatic N) is 3. The standard InChI is InChI=1S/C15H15N5O2/c1-22-11-4-5-12-13(6-11)19-15(18-12)20-8-10(7-16-20)17-14(21)9-2-3-9/h4-9H,2-3H2,1H3,(H,17,21)(H,18,19). The molecule has 2 aromatic heterocycles. The van der Waals surface area contributed by atoms with Gasteiger partial charge in [-0.25, -0.2) is 9.67 Å². The molecule has 1 fully saturated rings. The van der Waals surface area contributed by atoms with Gasteiger partial charge in [0.2, 0.25) is 11.9 Å². The zero-order valence-corrected chi connectivity index (χ0v) is 12.0. The van der Waals surface area contributed by atoms with Gasteiger partial charge in [0, 0.05) is 12.0 Å². The van der Waals surface area contributed by atoms with Gasteiger partial charge in [0.15, 0.2) is 0 Å². The van der Waals surface area contributed by atoms with Crippen molar-refractivity contribution in [2.45, 2.75) is 12.8 Å². The van der Waals surface area contributed by atoms with Crippen LogP contribution in [0, 0.1) is 5.92 Å². The summed E-state index contributed by atoms with van der Waals surface area (Å²) in [5.74, 6) is 1.59. The average molecular weight is 297 g/mol. The number of H-pyrrole nitrogens is 1. The maximum atomic E-state index is 11.7. The van der Waals surface area contributed by atoms with Gasteiger partial charge < -0.3 is 15.0 Å². The fourth-order valence-corrected chi connectivity index (χ4v) is 2.30. The van der Waals surface area contributed by atoms with Gasteiger partial charge in [0.05, 0.1) is 36.2 Å². The average Bonchev–Trinajstić information content (AvgIpc) is 3.14. The van der Waals surface area contributed by atoms with Crippen LogP contribution in [-0.4, -0.2) is 32.8 Å². The Kier molecular flexibility index (Phi) is 2.85. The third kappa shape index (κ3) is 2.30. The summed E-state index contributed by atoms with van der Waals surface area (Å²) in [5.41, 5.74) is 2.37. The predicted octanol–water partition coefficient (Wildman–Crippen LogP) is 2.11. The van der Waals surface area contributed by atoms with E-state index < -0.39 is 0 Å². The van der Waals surface area contributed by atoms with Crippen LogP contribution < -0.4 is 10.1 Å². The fourth-order valence-electron chi connectivity index (χ4n) is 2.30. The number of nitrogens with one attached hydrogen (secondary N) is 2. The smallest absolute Gasteiger partial charge is 0.229 e. The van der Waals surface area contributed by atoms with Crippen LogP contribution in [0.4, 0.5) is 5.69 Å². The minimum atomic E-state index is 0.0638. The Labute approximate surface area is 126 Å². The Morgan fingerprint density at radius 1 is 1.45 bits per heavy atom. The molecular formula is C15H15N5O2. The van der Waals surface area contributed by atoms with Crippen LogP contribution in [-0.2, 0) is 4.79 Å². The minimum Gasteiger partial charge on any atom is -0.497 e. The zero-order chi connectivity index (χ0) is 15.1. The molecule has 1 aromatic carbocycles. The van der Waals surface area contributed by atoms with Crippen LogP contribution in [0.1, 0.15) is 12.8 Å². The first-order valence-corrected chi connectivity index (χ1v) is 7.12. The molecule has 1 aliphatic carbocycles. The molecule has 7 nitrogen and oxygen atoms in total. The highest BCUT2D eigenvalue weighted by atomic mass is 16.5. The SMILES string of the molecule is COc1ccc2nc(-n3cc(NC(=O)C4CC4)cn3)[nH]c2c1. The van der Waals surface area contributed by atoms with Crippen molar-refractivity contribution in [2.24, 2.45) is 5.92 Å². The zero-order valence-electron chi connectivity index (χ0n) is 12.0. The Morgan fingerprint density at radius 2 is 2.32 bits per heavy atom. The first-order valence-electron chi connectivity index (χ1n) is 7.12. The summed E-state index contributed by atoms with van der Waals surface area (Å²) in [6.07, 6.45) is 5.32. The van der Waals surface area contributed by atoms with Gasteiger partial charge in [-0.15, -0.1) is 0 Å². The fraction of sp³-hybridized carbons (Fsp3) is 0.267. The van der Waals surface area contributed by atoms with Crippen LogP contribution in [0.25, 0.3) is 17.0 Å². The number of ether oxygens (including phenoxy) is 1. The van der Waals surface area contributed by atoms with Gasteiger partial charge in [-0.3, -0.25) is 4.79 Å². The molecule has 3 aromatic rings. The van der Waals surface area contributed by atoms with Crippen molar-refractivity contribution in [3.05, 3.63) is 30.6 Å². The van der Waals surface area contributed by atoms with Crippen LogP contribution in [0.15, 0.2) is 30.6 Å². The number of aromatic amines is 1. The summed E-state index contributed by atoms with van der Waals surface area (Å²) < 4.78 is 6.80. The summed E-state index contributed by atoms with van der Waals surface area (Å²) in [6, 6.07) is 5.62. The molecule has 0 atom stereocenters. The molecule has 0 unspecified atom stereocenters. The van der Waals surface area contributed by atoms with Crippen LogP contribution in [0.2, 0.25) is 0 Å². The number of carbonyl (C=O) groups excluding carboxylic acids is 1. The van der Waals surface area contributed by atoms with Gasteiger partial charge in [-0.1, -0.05) is 0 Å². The number of benzene rings is 1. The Morgan fingerprint density at radius 3 is 3.09 bits per heavy atom. The number of carbonyl (C=O) groups is 1. The van der Waals surface area contributed by atoms with Crippen LogP contribution >= 0.6 is 0 Å². The second-order valence-electron chi connectivity index (χ2n) is 5.38. The molecule has 1 amide bonds. The molecule has 1 aliphatic rings. The summed E-state index contributed by atoms with van der Waals surface area (Å²) >= 11 is 0. The van der Waals surface area contributed by atoms with Crippen LogP contribution in [0.3, 0.4) is 0 Å². The predicted molar refractivity (Wildman–Crippen MR) is 81.1 cm³/mol. The van der Waals surface area contributed by atoms with Gasteiger partial charge in [-0.2, -0.15) is 5.10 Å². The molecule has 2 heterocycles. The number of aromatic nitrogens is 4. The third-order valence-electron chi connectivity index (χ3n) is 3.69. The number of hydrogen-bond donors (Lipinski definition) is 2. The summed E-state index contributed by atoms with van der Waals surface area (Å²) in [7, 11) is 1.63. The number of methoxy groups -OCH3 is 1. The van der Waals surface area contributed by atoms with Crippen molar-refractivity contribution in [3.63, 3.8) is 0 Å². The lowest BCUT2D eigenvalue weighted by molar-refractivity contribution is -0.117. The molecular weight excluding hydrogens is 282 g/mol. The lowest BCUT2D eigenvalue weighted by Gasteiger charge is -1.98. The monoisotopic (exact) mass is 297 g/mol. The minimum absolute atomic E-state index is 0.0638. The molecule has 112 valence electrons. The number of amides is 1. The van der Waals surface area contributed by atoms with Crippen molar-refractivity contribution in [1.29, 1.82) is 0 Å². The normalized spacial score (nSPS) is 14.2. The van der Waals surface area contributed by atoms with Gasteiger partial charge >= 0.3 is 0 Å². The van der Waals surface area contributed by atoms with Gasteiger partial charge in [0.1, 0.15) is 5.75 Å². The molecule has 0 radical (unpaired) electrons. The highest BCUT2D eigenvalue weighted by molar-refractivity contribution is 5.93. The van der Waals surface area contributed by atoms with Gasteiger partial charge in [0.25, 0.3) is 0 Å². The first-order chi connectivity index (χ1) is 10.7. The van der Waals surface area contributed by atoms with Gasteiger partial charge in [-0.05, 0) is 25.0 Å². The molecule has 0 bridgehead atoms. The Hall–Kier alpha value is -2.83. The summed E-state index contributed by atoms with van der Waals surface area (Å²) in [4.78, 5) is 19.4. The first kappa shape index (κ1) is 12.9. The topological polar surface area (TPSA) is 84.8 Å². The second-order valence-corrected chi connectivity index (χ2v) is 5.38. The highest BCUT2D eigenvalue weighted by Crippen LogP contribution is 2.30. The second kappa shape index (κ2) is 4.87. The molecule has 1 saturated carbocycles. The quantitative estimate of drug-likeness (QED) is 0.772. The van der Waals surface area contributed by atoms with E-state index in [1.807, 2.05) is 18.2 Å². The van der Waals surface area contributed by atoms with Crippen LogP contribution in [0.5, 0.6) is 5.75 Å². The van der Waals surface area contributed by atoms with Crippen molar-refractivity contribution in [2.75, 3.05) is 12.4 Å². The molecule has 2 N–H and O–H groups in total. The number of fused-ring (bicyclic) bond motifs is 1. The van der Waals surface area contributed by atoms with E-state index in [-0.39, 0.29) is 11.8 Å². The van der Waals surface area contributed by atoms with E-state index in [2.05, 4.69) is 20.4 Å². The number of rotatable bonds is 4. The summed E-state index contributed by atoms with van der Waals surface area (Å²) in [6.45, 7) is 0. The van der Waals surface area contributed by atoms with E-state index >= 15 is 0 Å². The van der Waals surface area contributed by atoms with Crippen molar-refractivity contribution in [1.82, 2.24) is 19.7 Å². The van der Waals surface area contributed by atoms with Crippen molar-refractivity contribution in [3.8, 4) is 11.7 Å². The van der Waals surface area contributed by atoms with Crippen molar-refractivity contribution < 1.29 is 9.53 Å². The maximum Gasteiger partial charge on any atom is 0.229 e. The highest BCUT2D eigenvalue weighted by Gasteiger charge is 2.29. The number of hydrogen-bond acceptors (Lipinski definition) is 4. The van der Waals surface area contributed by atoms with E-state index in [4.69, 9.17) is 4.74 Å². The van der Waals surface area contributed by atoms with E-state index in [0.717, 1.165) is 29.6 Å². The van der Waals surface area contributed by atoms with E-state index in [1.165, 1.54) is 0 Å². The lowest BCUT2D eigenvalue weighted by Crippen LogP contribution is -2.12. The molecule has 0 aliphatic heterocycles. The van der Waals surface area contributed by atoms with E-state index in [1.54, 1.807) is 24.2 Å². The molecule has 0 spiro atoms.